The summed E-state index contributed by atoms with van der Waals surface area (Å²) in [5.74, 6) is 0.403. The molecule has 0 saturated heterocycles. The highest BCUT2D eigenvalue weighted by atomic mass is 16.5. The van der Waals surface area contributed by atoms with Gasteiger partial charge in [-0.2, -0.15) is 0 Å². The largest absolute Gasteiger partial charge is 0.478 e. The summed E-state index contributed by atoms with van der Waals surface area (Å²) in [6.07, 6.45) is 0.784. The Balaban J connectivity index is 2.64. The van der Waals surface area contributed by atoms with Crippen LogP contribution in [-0.2, 0) is 4.74 Å². The summed E-state index contributed by atoms with van der Waals surface area (Å²) in [5, 5.41) is 0. The second-order valence-corrected chi connectivity index (χ2v) is 1.49. The predicted octanol–water partition coefficient (Wildman–Crippen LogP) is -0.507. The molecule has 1 rings (SSSR count). The van der Waals surface area contributed by atoms with E-state index in [9.17, 15) is 0 Å². The third kappa shape index (κ3) is 0.607. The van der Waals surface area contributed by atoms with Gasteiger partial charge in [-0.1, -0.05) is 0 Å². The first-order chi connectivity index (χ1) is 3.30. The molecular weight excluding hydrogens is 92.1 g/mol. The lowest BCUT2D eigenvalue weighted by Gasteiger charge is -1.90. The Morgan fingerprint density at radius 3 is 2.29 bits per heavy atom. The Labute approximate surface area is 41.9 Å². The maximum Gasteiger partial charge on any atom is 0.203 e. The molecule has 0 aromatic heterocycles. The summed E-state index contributed by atoms with van der Waals surface area (Å²) in [4.78, 5) is 0. The highest BCUT2D eigenvalue weighted by molar-refractivity contribution is 5.04. The topological polar surface area (TPSA) is 61.3 Å². The molecule has 40 valence electrons. The normalized spacial score (nSPS) is 20.0. The van der Waals surface area contributed by atoms with Crippen LogP contribution in [0.5, 0.6) is 0 Å². The monoisotopic (exact) mass is 100 g/mol. The van der Waals surface area contributed by atoms with Crippen LogP contribution < -0.4 is 11.5 Å². The van der Waals surface area contributed by atoms with Crippen molar-refractivity contribution in [2.75, 3.05) is 6.61 Å². The number of hydrogen-bond acceptors (Lipinski definition) is 3. The third-order valence-electron chi connectivity index (χ3n) is 0.945. The van der Waals surface area contributed by atoms with E-state index >= 15 is 0 Å². The lowest BCUT2D eigenvalue weighted by Crippen LogP contribution is -2.03. The molecule has 1 heterocycles. The van der Waals surface area contributed by atoms with Crippen LogP contribution in [0.3, 0.4) is 0 Å². The molecular formula is C4H8N2O. The number of nitrogens with two attached hydrogens (primary N) is 2. The fourth-order valence-electron chi connectivity index (χ4n) is 0.487. The highest BCUT2D eigenvalue weighted by Gasteiger charge is 2.06. The Morgan fingerprint density at radius 1 is 1.43 bits per heavy atom. The first kappa shape index (κ1) is 4.30. The van der Waals surface area contributed by atoms with Gasteiger partial charge in [0.15, 0.2) is 0 Å². The minimum absolute atomic E-state index is 0.403. The molecule has 0 aromatic rings. The predicted molar refractivity (Wildman–Crippen MR) is 26.0 cm³/mol. The van der Waals surface area contributed by atoms with Crippen LogP contribution in [0, 0.1) is 0 Å². The van der Waals surface area contributed by atoms with Gasteiger partial charge in [-0.25, -0.2) is 0 Å². The second-order valence-electron chi connectivity index (χ2n) is 1.49. The molecule has 0 aliphatic carbocycles. The lowest BCUT2D eigenvalue weighted by molar-refractivity contribution is 0.242. The van der Waals surface area contributed by atoms with E-state index in [2.05, 4.69) is 0 Å². The Kier molecular flexibility index (Phi) is 0.817. The van der Waals surface area contributed by atoms with Gasteiger partial charge in [-0.3, -0.25) is 0 Å². The van der Waals surface area contributed by atoms with E-state index in [1.54, 1.807) is 0 Å². The fraction of sp³-hybridized carbons (Fsp3) is 0.500. The highest BCUT2D eigenvalue weighted by Crippen LogP contribution is 2.07. The summed E-state index contributed by atoms with van der Waals surface area (Å²) in [6, 6.07) is 0. The second kappa shape index (κ2) is 1.33. The summed E-state index contributed by atoms with van der Waals surface area (Å²) < 4.78 is 4.80. The van der Waals surface area contributed by atoms with Crippen LogP contribution in [0.4, 0.5) is 0 Å². The van der Waals surface area contributed by atoms with Crippen molar-refractivity contribution in [3.05, 3.63) is 11.6 Å². The summed E-state index contributed by atoms with van der Waals surface area (Å²) in [7, 11) is 0. The van der Waals surface area contributed by atoms with Gasteiger partial charge in [0.2, 0.25) is 5.88 Å². The zero-order chi connectivity index (χ0) is 5.28. The fourth-order valence-corrected chi connectivity index (χ4v) is 0.487. The summed E-state index contributed by atoms with van der Waals surface area (Å²) in [6.45, 7) is 0.650. The van der Waals surface area contributed by atoms with E-state index in [1.165, 1.54) is 0 Å². The van der Waals surface area contributed by atoms with Crippen molar-refractivity contribution in [2.24, 2.45) is 11.5 Å². The third-order valence-corrected chi connectivity index (χ3v) is 0.945. The molecule has 0 spiro atoms. The molecule has 0 amide bonds. The van der Waals surface area contributed by atoms with Gasteiger partial charge < -0.3 is 16.2 Å². The quantitative estimate of drug-likeness (QED) is 0.431. The van der Waals surface area contributed by atoms with E-state index in [4.69, 9.17) is 16.2 Å². The van der Waals surface area contributed by atoms with Crippen LogP contribution in [0.1, 0.15) is 6.42 Å². The van der Waals surface area contributed by atoms with E-state index < -0.39 is 0 Å². The van der Waals surface area contributed by atoms with E-state index in [-0.39, 0.29) is 0 Å². The Bertz CT molecular complexity index is 96.3. The molecule has 3 nitrogen and oxygen atoms in total. The van der Waals surface area contributed by atoms with Gasteiger partial charge >= 0.3 is 0 Å². The molecule has 0 bridgehead atoms. The van der Waals surface area contributed by atoms with Crippen LogP contribution in [0.15, 0.2) is 11.6 Å². The smallest absolute Gasteiger partial charge is 0.203 e. The van der Waals surface area contributed by atoms with Gasteiger partial charge in [0, 0.05) is 6.42 Å². The minimum Gasteiger partial charge on any atom is -0.478 e. The van der Waals surface area contributed by atoms with Crippen LogP contribution in [-0.4, -0.2) is 6.61 Å². The molecule has 0 fully saturated rings. The molecule has 4 N–H and O–H groups in total. The van der Waals surface area contributed by atoms with Crippen molar-refractivity contribution in [1.82, 2.24) is 0 Å². The SMILES string of the molecule is NC1=C(N)OCC1. The zero-order valence-electron chi connectivity index (χ0n) is 3.98. The summed E-state index contributed by atoms with van der Waals surface area (Å²) >= 11 is 0. The Morgan fingerprint density at radius 2 is 2.14 bits per heavy atom. The molecule has 0 radical (unpaired) electrons. The van der Waals surface area contributed by atoms with Crippen molar-refractivity contribution in [2.45, 2.75) is 6.42 Å². The van der Waals surface area contributed by atoms with Gasteiger partial charge in [-0.05, 0) is 0 Å². The maximum absolute atomic E-state index is 5.31. The van der Waals surface area contributed by atoms with E-state index in [1.807, 2.05) is 0 Å². The molecule has 0 atom stereocenters. The van der Waals surface area contributed by atoms with E-state index in [0.717, 1.165) is 6.42 Å². The van der Waals surface area contributed by atoms with Crippen molar-refractivity contribution >= 4 is 0 Å². The van der Waals surface area contributed by atoms with Gasteiger partial charge in [0.05, 0.1) is 12.3 Å². The first-order valence-corrected chi connectivity index (χ1v) is 2.17. The number of ether oxygens (including phenoxy) is 1. The number of hydrogen-bond donors (Lipinski definition) is 2. The lowest BCUT2D eigenvalue weighted by atomic mass is 10.4. The van der Waals surface area contributed by atoms with Gasteiger partial charge in [0.1, 0.15) is 0 Å². The minimum atomic E-state index is 0.403. The average Bonchev–Trinajstić information content (AvgIpc) is 1.91. The van der Waals surface area contributed by atoms with E-state index in [0.29, 0.717) is 18.2 Å². The van der Waals surface area contributed by atoms with Crippen LogP contribution >= 0.6 is 0 Å². The molecule has 0 unspecified atom stereocenters. The average molecular weight is 100 g/mol. The molecule has 3 heteroatoms. The van der Waals surface area contributed by atoms with Crippen molar-refractivity contribution < 1.29 is 4.74 Å². The summed E-state index contributed by atoms with van der Waals surface area (Å²) in [5.41, 5.74) is 11.2. The first-order valence-electron chi connectivity index (χ1n) is 2.17. The van der Waals surface area contributed by atoms with Crippen molar-refractivity contribution in [3.8, 4) is 0 Å². The molecule has 0 saturated carbocycles. The van der Waals surface area contributed by atoms with Gasteiger partial charge in [-0.15, -0.1) is 0 Å². The maximum atomic E-state index is 5.31. The molecule has 1 aliphatic heterocycles. The van der Waals surface area contributed by atoms with Crippen molar-refractivity contribution in [3.63, 3.8) is 0 Å². The molecule has 1 aliphatic rings. The standard InChI is InChI=1S/C4H8N2O/c5-3-1-2-7-4(3)6/h1-2,5-6H2. The van der Waals surface area contributed by atoms with Crippen LogP contribution in [0.25, 0.3) is 0 Å². The van der Waals surface area contributed by atoms with Gasteiger partial charge in [0.25, 0.3) is 0 Å². The molecule has 7 heavy (non-hydrogen) atoms. The zero-order valence-corrected chi connectivity index (χ0v) is 3.98. The Hall–Kier alpha value is -0.860. The molecule has 0 aromatic carbocycles. The van der Waals surface area contributed by atoms with Crippen molar-refractivity contribution in [1.29, 1.82) is 0 Å². The number of rotatable bonds is 0. The van der Waals surface area contributed by atoms with Crippen LogP contribution in [0.2, 0.25) is 0 Å².